The van der Waals surface area contributed by atoms with Crippen molar-refractivity contribution in [2.75, 3.05) is 40.6 Å². The smallest absolute Gasteiger partial charge is 0.133 e. The van der Waals surface area contributed by atoms with Crippen LogP contribution >= 0.6 is 15.9 Å². The highest BCUT2D eigenvalue weighted by Gasteiger charge is 2.26. The van der Waals surface area contributed by atoms with Gasteiger partial charge in [0.25, 0.3) is 0 Å². The van der Waals surface area contributed by atoms with E-state index in [1.807, 2.05) is 13.1 Å². The van der Waals surface area contributed by atoms with Gasteiger partial charge in [0.1, 0.15) is 12.4 Å². The average Bonchev–Trinajstić information content (AvgIpc) is 2.96. The lowest BCUT2D eigenvalue weighted by atomic mass is 9.92. The monoisotopic (exact) mass is 343 g/mol. The summed E-state index contributed by atoms with van der Waals surface area (Å²) in [5, 5.41) is 3.40. The molecule has 0 saturated carbocycles. The number of hydrogen-bond acceptors (Lipinski definition) is 4. The Bertz CT molecular complexity index is 422. The van der Waals surface area contributed by atoms with Crippen molar-refractivity contribution in [2.24, 2.45) is 5.92 Å². The molecule has 1 aliphatic heterocycles. The zero-order valence-corrected chi connectivity index (χ0v) is 13.6. The predicted molar refractivity (Wildman–Crippen MR) is 82.2 cm³/mol. The second-order valence-electron chi connectivity index (χ2n) is 4.92. The Morgan fingerprint density at radius 2 is 2.30 bits per heavy atom. The van der Waals surface area contributed by atoms with Gasteiger partial charge in [0.15, 0.2) is 0 Å². The molecule has 20 heavy (non-hydrogen) atoms. The second-order valence-corrected chi connectivity index (χ2v) is 5.78. The summed E-state index contributed by atoms with van der Waals surface area (Å²) in [5.41, 5.74) is 1.26. The van der Waals surface area contributed by atoms with Gasteiger partial charge in [-0.3, -0.25) is 0 Å². The lowest BCUT2D eigenvalue weighted by Gasteiger charge is -2.23. The van der Waals surface area contributed by atoms with Crippen molar-refractivity contribution < 1.29 is 14.2 Å². The first kappa shape index (κ1) is 15.8. The molecule has 1 saturated heterocycles. The van der Waals surface area contributed by atoms with Crippen LogP contribution in [0.3, 0.4) is 0 Å². The van der Waals surface area contributed by atoms with Crippen LogP contribution in [-0.4, -0.2) is 40.6 Å². The summed E-state index contributed by atoms with van der Waals surface area (Å²) in [4.78, 5) is 0. The summed E-state index contributed by atoms with van der Waals surface area (Å²) in [6.07, 6.45) is 1.11. The van der Waals surface area contributed by atoms with Crippen LogP contribution in [-0.2, 0) is 9.47 Å². The van der Waals surface area contributed by atoms with E-state index in [9.17, 15) is 0 Å². The number of rotatable bonds is 7. The quantitative estimate of drug-likeness (QED) is 0.772. The number of hydrogen-bond donors (Lipinski definition) is 1. The van der Waals surface area contributed by atoms with Gasteiger partial charge >= 0.3 is 0 Å². The fourth-order valence-corrected chi connectivity index (χ4v) is 3.06. The van der Waals surface area contributed by atoms with E-state index in [1.165, 1.54) is 5.56 Å². The molecule has 2 rings (SSSR count). The van der Waals surface area contributed by atoms with Crippen molar-refractivity contribution in [3.63, 3.8) is 0 Å². The van der Waals surface area contributed by atoms with Crippen LogP contribution in [0.5, 0.6) is 5.75 Å². The fourth-order valence-electron chi connectivity index (χ4n) is 2.55. The van der Waals surface area contributed by atoms with E-state index in [0.717, 1.165) is 29.9 Å². The third-order valence-corrected chi connectivity index (χ3v) is 4.23. The van der Waals surface area contributed by atoms with Crippen LogP contribution in [0.4, 0.5) is 0 Å². The van der Waals surface area contributed by atoms with E-state index in [1.54, 1.807) is 7.11 Å². The van der Waals surface area contributed by atoms with Crippen molar-refractivity contribution in [1.82, 2.24) is 5.32 Å². The number of halogens is 1. The van der Waals surface area contributed by atoms with Gasteiger partial charge in [-0.05, 0) is 47.1 Å². The Morgan fingerprint density at radius 1 is 1.45 bits per heavy atom. The largest absolute Gasteiger partial charge is 0.490 e. The summed E-state index contributed by atoms with van der Waals surface area (Å²) < 4.78 is 17.1. The number of methoxy groups -OCH3 is 1. The van der Waals surface area contributed by atoms with E-state index in [-0.39, 0.29) is 0 Å². The number of benzene rings is 1. The number of ether oxygens (including phenoxy) is 3. The third-order valence-electron chi connectivity index (χ3n) is 3.61. The minimum atomic E-state index is 0.321. The molecule has 0 bridgehead atoms. The van der Waals surface area contributed by atoms with Crippen molar-refractivity contribution >= 4 is 15.9 Å². The maximum atomic E-state index is 5.65. The first-order valence-corrected chi connectivity index (χ1v) is 7.71. The lowest BCUT2D eigenvalue weighted by Crippen LogP contribution is -2.25. The van der Waals surface area contributed by atoms with Crippen LogP contribution in [0.1, 0.15) is 18.0 Å². The Morgan fingerprint density at radius 3 is 2.90 bits per heavy atom. The summed E-state index contributed by atoms with van der Waals surface area (Å²) in [7, 11) is 3.67. The molecule has 5 heteroatoms. The molecule has 0 radical (unpaired) electrons. The molecule has 4 nitrogen and oxygen atoms in total. The maximum absolute atomic E-state index is 5.65. The highest BCUT2D eigenvalue weighted by Crippen LogP contribution is 2.33. The Balaban J connectivity index is 2.06. The topological polar surface area (TPSA) is 39.7 Å². The Kier molecular flexibility index (Phi) is 6.29. The second kappa shape index (κ2) is 7.98. The molecule has 2 unspecified atom stereocenters. The molecule has 1 N–H and O–H groups in total. The highest BCUT2D eigenvalue weighted by molar-refractivity contribution is 9.10. The van der Waals surface area contributed by atoms with Gasteiger partial charge in [-0.1, -0.05) is 6.07 Å². The van der Waals surface area contributed by atoms with Crippen LogP contribution in [0.15, 0.2) is 22.7 Å². The Hall–Kier alpha value is -0.620. The summed E-state index contributed by atoms with van der Waals surface area (Å²) in [6.45, 7) is 2.84. The van der Waals surface area contributed by atoms with Crippen LogP contribution in [0.2, 0.25) is 0 Å². The summed E-state index contributed by atoms with van der Waals surface area (Å²) in [6, 6.07) is 6.57. The maximum Gasteiger partial charge on any atom is 0.133 e. The van der Waals surface area contributed by atoms with Gasteiger partial charge in [0.05, 0.1) is 17.7 Å². The average molecular weight is 344 g/mol. The third kappa shape index (κ3) is 3.95. The zero-order valence-electron chi connectivity index (χ0n) is 12.0. The molecule has 2 atom stereocenters. The van der Waals surface area contributed by atoms with Crippen molar-refractivity contribution in [1.29, 1.82) is 0 Å². The minimum absolute atomic E-state index is 0.321. The lowest BCUT2D eigenvalue weighted by molar-refractivity contribution is 0.146. The zero-order chi connectivity index (χ0) is 14.4. The van der Waals surface area contributed by atoms with Crippen molar-refractivity contribution in [3.05, 3.63) is 28.2 Å². The van der Waals surface area contributed by atoms with Gasteiger partial charge in [0, 0.05) is 25.7 Å². The van der Waals surface area contributed by atoms with Crippen LogP contribution in [0.25, 0.3) is 0 Å². The fraction of sp³-hybridized carbons (Fsp3) is 0.600. The van der Waals surface area contributed by atoms with E-state index < -0.39 is 0 Å². The first-order chi connectivity index (χ1) is 9.76. The van der Waals surface area contributed by atoms with Gasteiger partial charge in [0.2, 0.25) is 0 Å². The van der Waals surface area contributed by atoms with Gasteiger partial charge in [-0.25, -0.2) is 0 Å². The molecule has 1 fully saturated rings. The summed E-state index contributed by atoms with van der Waals surface area (Å²) >= 11 is 3.58. The molecule has 0 aromatic heterocycles. The van der Waals surface area contributed by atoms with Crippen molar-refractivity contribution in [2.45, 2.75) is 12.5 Å². The highest BCUT2D eigenvalue weighted by atomic mass is 79.9. The standard InChI is InChI=1S/C15H22BrNO3/c1-17-15(12-5-6-19-10-12)11-3-4-14(13(16)9-11)20-8-7-18-2/h3-4,9,12,15,17H,5-8,10H2,1-2H3. The van der Waals surface area contributed by atoms with Gasteiger partial charge < -0.3 is 19.5 Å². The van der Waals surface area contributed by atoms with Gasteiger partial charge in [-0.2, -0.15) is 0 Å². The molecule has 0 spiro atoms. The van der Waals surface area contributed by atoms with E-state index in [0.29, 0.717) is 25.2 Å². The molecule has 1 heterocycles. The normalized spacial score (nSPS) is 20.1. The van der Waals surface area contributed by atoms with Gasteiger partial charge in [-0.15, -0.1) is 0 Å². The molecule has 1 aromatic rings. The molecule has 1 aromatic carbocycles. The van der Waals surface area contributed by atoms with Crippen LogP contribution in [0, 0.1) is 5.92 Å². The van der Waals surface area contributed by atoms with Crippen molar-refractivity contribution in [3.8, 4) is 5.75 Å². The summed E-state index contributed by atoms with van der Waals surface area (Å²) in [5.74, 6) is 1.38. The molecule has 112 valence electrons. The Labute approximate surface area is 128 Å². The SMILES string of the molecule is CNC(c1ccc(OCCOC)c(Br)c1)C1CCOC1. The molecule has 0 aliphatic carbocycles. The van der Waals surface area contributed by atoms with E-state index in [4.69, 9.17) is 14.2 Å². The predicted octanol–water partition coefficient (Wildman–Crippen LogP) is 2.77. The van der Waals surface area contributed by atoms with Crippen LogP contribution < -0.4 is 10.1 Å². The van der Waals surface area contributed by atoms with E-state index in [2.05, 4.69) is 33.4 Å². The molecule has 0 amide bonds. The molecule has 1 aliphatic rings. The minimum Gasteiger partial charge on any atom is -0.490 e. The van der Waals surface area contributed by atoms with E-state index >= 15 is 0 Å². The molecular formula is C15H22BrNO3. The molecular weight excluding hydrogens is 322 g/mol. The first-order valence-electron chi connectivity index (χ1n) is 6.92. The number of nitrogens with one attached hydrogen (secondary N) is 1.